The fourth-order valence-electron chi connectivity index (χ4n) is 3.63. The molecule has 0 spiro atoms. The first kappa shape index (κ1) is 24.3. The molecule has 1 amide bonds. The molecule has 0 fully saturated rings. The molecule has 0 unspecified atom stereocenters. The summed E-state index contributed by atoms with van der Waals surface area (Å²) in [6, 6.07) is 12.7. The third kappa shape index (κ3) is 6.32. The lowest BCUT2D eigenvalue weighted by atomic mass is 10.0. The normalized spacial score (nSPS) is 11.2. The van der Waals surface area contributed by atoms with Crippen molar-refractivity contribution in [2.24, 2.45) is 0 Å². The first-order valence-electron chi connectivity index (χ1n) is 10.5. The number of hydrogen-bond acceptors (Lipinski definition) is 5. The molecule has 0 atom stereocenters. The van der Waals surface area contributed by atoms with E-state index in [0.717, 1.165) is 28.5 Å². The van der Waals surface area contributed by atoms with Gasteiger partial charge in [0.15, 0.2) is 0 Å². The van der Waals surface area contributed by atoms with Crippen LogP contribution in [0.1, 0.15) is 27.8 Å². The third-order valence-corrected chi connectivity index (χ3v) is 6.60. The molecule has 33 heavy (non-hydrogen) atoms. The van der Waals surface area contributed by atoms with E-state index < -0.39 is 10.0 Å². The molecule has 0 saturated carbocycles. The predicted molar refractivity (Wildman–Crippen MR) is 131 cm³/mol. The van der Waals surface area contributed by atoms with Crippen LogP contribution in [0.4, 0.5) is 11.4 Å². The van der Waals surface area contributed by atoms with E-state index in [9.17, 15) is 13.2 Å². The van der Waals surface area contributed by atoms with Crippen LogP contribution >= 0.6 is 0 Å². The smallest absolute Gasteiger partial charge is 0.232 e. The van der Waals surface area contributed by atoms with Gasteiger partial charge in [0.2, 0.25) is 15.9 Å². The van der Waals surface area contributed by atoms with Gasteiger partial charge in [-0.2, -0.15) is 0 Å². The van der Waals surface area contributed by atoms with Crippen molar-refractivity contribution >= 4 is 27.3 Å². The highest BCUT2D eigenvalue weighted by molar-refractivity contribution is 7.92. The fourth-order valence-corrected chi connectivity index (χ4v) is 4.13. The predicted octanol–water partition coefficient (Wildman–Crippen LogP) is 4.16. The van der Waals surface area contributed by atoms with E-state index >= 15 is 0 Å². The fraction of sp³-hybridized carbons (Fsp3) is 0.280. The molecule has 0 radical (unpaired) electrons. The van der Waals surface area contributed by atoms with Gasteiger partial charge in [0.25, 0.3) is 0 Å². The van der Waals surface area contributed by atoms with Crippen LogP contribution in [-0.4, -0.2) is 32.6 Å². The highest BCUT2D eigenvalue weighted by Crippen LogP contribution is 2.33. The van der Waals surface area contributed by atoms with Crippen molar-refractivity contribution < 1.29 is 17.9 Å². The molecule has 0 aliphatic carbocycles. The Morgan fingerprint density at radius 2 is 1.67 bits per heavy atom. The van der Waals surface area contributed by atoms with Crippen molar-refractivity contribution in [1.29, 1.82) is 0 Å². The second-order valence-corrected chi connectivity index (χ2v) is 10.2. The van der Waals surface area contributed by atoms with Crippen molar-refractivity contribution in [3.05, 3.63) is 82.7 Å². The Labute approximate surface area is 195 Å². The van der Waals surface area contributed by atoms with Gasteiger partial charge in [-0.1, -0.05) is 17.7 Å². The molecule has 3 aromatic rings. The van der Waals surface area contributed by atoms with E-state index in [2.05, 4.69) is 22.4 Å². The lowest BCUT2D eigenvalue weighted by Crippen LogP contribution is -2.25. The summed E-state index contributed by atoms with van der Waals surface area (Å²) in [6.45, 7) is 6.37. The molecule has 0 aliphatic heterocycles. The number of pyridine rings is 1. The van der Waals surface area contributed by atoms with Gasteiger partial charge in [0, 0.05) is 31.2 Å². The summed E-state index contributed by atoms with van der Waals surface area (Å²) >= 11 is 0. The second kappa shape index (κ2) is 10.0. The number of sulfonamides is 1. The van der Waals surface area contributed by atoms with E-state index in [-0.39, 0.29) is 18.9 Å². The van der Waals surface area contributed by atoms with Gasteiger partial charge in [-0.15, -0.1) is 0 Å². The highest BCUT2D eigenvalue weighted by Gasteiger charge is 2.19. The summed E-state index contributed by atoms with van der Waals surface area (Å²) in [5.41, 5.74) is 6.18. The summed E-state index contributed by atoms with van der Waals surface area (Å²) in [5.74, 6) is 0.172. The number of carbonyl (C=O) groups excluding carboxylic acids is 1. The molecule has 1 aromatic heterocycles. The molecule has 0 aliphatic rings. The number of nitrogens with one attached hydrogen (secondary N) is 1. The Hall–Kier alpha value is -3.39. The second-order valence-electron chi connectivity index (χ2n) is 8.16. The van der Waals surface area contributed by atoms with Crippen LogP contribution in [0.25, 0.3) is 0 Å². The van der Waals surface area contributed by atoms with E-state index in [1.807, 2.05) is 20.8 Å². The topological polar surface area (TPSA) is 88.6 Å². The van der Waals surface area contributed by atoms with Gasteiger partial charge in [0.05, 0.1) is 18.4 Å². The Kier molecular flexibility index (Phi) is 7.38. The first-order chi connectivity index (χ1) is 15.5. The summed E-state index contributed by atoms with van der Waals surface area (Å²) in [5, 5.41) is 2.86. The van der Waals surface area contributed by atoms with Crippen molar-refractivity contribution in [2.45, 2.75) is 33.8 Å². The summed E-state index contributed by atoms with van der Waals surface area (Å²) in [4.78, 5) is 16.4. The molecule has 1 N–H and O–H groups in total. The van der Waals surface area contributed by atoms with Crippen LogP contribution in [0, 0.1) is 20.8 Å². The summed E-state index contributed by atoms with van der Waals surface area (Å²) < 4.78 is 31.6. The van der Waals surface area contributed by atoms with E-state index in [1.54, 1.807) is 42.7 Å². The first-order valence-corrected chi connectivity index (χ1v) is 12.4. The van der Waals surface area contributed by atoms with Gasteiger partial charge in [-0.25, -0.2) is 8.42 Å². The van der Waals surface area contributed by atoms with Gasteiger partial charge in [-0.3, -0.25) is 14.1 Å². The number of aryl methyl sites for hydroxylation is 3. The van der Waals surface area contributed by atoms with Crippen LogP contribution in [0.5, 0.6) is 5.75 Å². The molecular weight excluding hydrogens is 438 g/mol. The zero-order valence-electron chi connectivity index (χ0n) is 19.5. The number of benzene rings is 2. The van der Waals surface area contributed by atoms with E-state index in [4.69, 9.17) is 4.74 Å². The van der Waals surface area contributed by atoms with Crippen LogP contribution in [0.2, 0.25) is 0 Å². The lowest BCUT2D eigenvalue weighted by molar-refractivity contribution is -0.115. The minimum Gasteiger partial charge on any atom is -0.487 e. The van der Waals surface area contributed by atoms with Gasteiger partial charge in [0.1, 0.15) is 12.4 Å². The number of anilines is 2. The van der Waals surface area contributed by atoms with Gasteiger partial charge in [-0.05, 0) is 67.3 Å². The Morgan fingerprint density at radius 3 is 2.27 bits per heavy atom. The monoisotopic (exact) mass is 467 g/mol. The van der Waals surface area contributed by atoms with Crippen LogP contribution in [-0.2, 0) is 27.8 Å². The van der Waals surface area contributed by atoms with Crippen molar-refractivity contribution in [3.63, 3.8) is 0 Å². The average Bonchev–Trinajstić information content (AvgIpc) is 2.72. The third-order valence-electron chi connectivity index (χ3n) is 5.41. The standard InChI is InChI=1S/C25H29N3O4S/c1-17-12-18(2)22(19(3)13-17)16-32-24-15-21(6-7-23(24)28(4)33(5,30)31)27-25(29)14-20-8-10-26-11-9-20/h6-13,15H,14,16H2,1-5H3,(H,27,29). The Balaban J connectivity index is 1.87. The van der Waals surface area contributed by atoms with E-state index in [1.165, 1.54) is 16.9 Å². The van der Waals surface area contributed by atoms with Gasteiger partial charge >= 0.3 is 0 Å². The zero-order chi connectivity index (χ0) is 24.2. The lowest BCUT2D eigenvalue weighted by Gasteiger charge is -2.22. The highest BCUT2D eigenvalue weighted by atomic mass is 32.2. The van der Waals surface area contributed by atoms with Crippen molar-refractivity contribution in [3.8, 4) is 5.75 Å². The average molecular weight is 468 g/mol. The van der Waals surface area contributed by atoms with Crippen molar-refractivity contribution in [1.82, 2.24) is 4.98 Å². The molecule has 2 aromatic carbocycles. The maximum atomic E-state index is 12.5. The molecule has 0 saturated heterocycles. The van der Waals surface area contributed by atoms with E-state index in [0.29, 0.717) is 17.1 Å². The zero-order valence-corrected chi connectivity index (χ0v) is 20.4. The molecule has 174 valence electrons. The molecule has 3 rings (SSSR count). The molecule has 0 bridgehead atoms. The number of ether oxygens (including phenoxy) is 1. The number of amides is 1. The number of rotatable bonds is 8. The minimum atomic E-state index is -3.50. The molecule has 1 heterocycles. The number of nitrogens with zero attached hydrogens (tertiary/aromatic N) is 2. The SMILES string of the molecule is Cc1cc(C)c(COc2cc(NC(=O)Cc3ccncc3)ccc2N(C)S(C)(=O)=O)c(C)c1. The number of aromatic nitrogens is 1. The quantitative estimate of drug-likeness (QED) is 0.537. The molecular formula is C25H29N3O4S. The Bertz CT molecular complexity index is 1230. The van der Waals surface area contributed by atoms with Crippen LogP contribution < -0.4 is 14.4 Å². The molecule has 8 heteroatoms. The number of carbonyl (C=O) groups is 1. The number of hydrogen-bond donors (Lipinski definition) is 1. The Morgan fingerprint density at radius 1 is 1.03 bits per heavy atom. The minimum absolute atomic E-state index is 0.193. The largest absolute Gasteiger partial charge is 0.487 e. The van der Waals surface area contributed by atoms with Crippen LogP contribution in [0.15, 0.2) is 54.9 Å². The summed E-state index contributed by atoms with van der Waals surface area (Å²) in [7, 11) is -2.03. The van der Waals surface area contributed by atoms with Crippen LogP contribution in [0.3, 0.4) is 0 Å². The maximum absolute atomic E-state index is 12.5. The summed E-state index contributed by atoms with van der Waals surface area (Å²) in [6.07, 6.45) is 4.61. The maximum Gasteiger partial charge on any atom is 0.232 e. The van der Waals surface area contributed by atoms with Gasteiger partial charge < -0.3 is 10.1 Å². The van der Waals surface area contributed by atoms with Crippen molar-refractivity contribution in [2.75, 3.05) is 22.9 Å². The molecule has 7 nitrogen and oxygen atoms in total.